The lowest BCUT2D eigenvalue weighted by molar-refractivity contribution is -0.136. The molecule has 1 aromatic heterocycles. The Kier molecular flexibility index (Phi) is 4.02. The van der Waals surface area contributed by atoms with Crippen molar-refractivity contribution in [3.63, 3.8) is 0 Å². The molecule has 5 heteroatoms. The zero-order chi connectivity index (χ0) is 13.0. The van der Waals surface area contributed by atoms with Crippen LogP contribution in [0.15, 0.2) is 18.3 Å². The van der Waals surface area contributed by atoms with Crippen LogP contribution in [0.2, 0.25) is 0 Å². The van der Waals surface area contributed by atoms with E-state index in [1.807, 2.05) is 30.3 Å². The highest BCUT2D eigenvalue weighted by molar-refractivity contribution is 5.67. The number of rotatable bonds is 5. The minimum absolute atomic E-state index is 0.143. The van der Waals surface area contributed by atoms with Crippen LogP contribution in [0.4, 0.5) is 11.5 Å². The van der Waals surface area contributed by atoms with Gasteiger partial charge < -0.3 is 14.9 Å². The summed E-state index contributed by atoms with van der Waals surface area (Å²) in [5, 5.41) is 8.65. The van der Waals surface area contributed by atoms with Gasteiger partial charge in [0, 0.05) is 26.7 Å². The van der Waals surface area contributed by atoms with Crippen LogP contribution in [0, 0.1) is 0 Å². The summed E-state index contributed by atoms with van der Waals surface area (Å²) in [7, 11) is 1.88. The van der Waals surface area contributed by atoms with Crippen molar-refractivity contribution in [3.05, 3.63) is 18.3 Å². The van der Waals surface area contributed by atoms with Crippen molar-refractivity contribution in [1.29, 1.82) is 0 Å². The Morgan fingerprint density at radius 1 is 1.44 bits per heavy atom. The summed E-state index contributed by atoms with van der Waals surface area (Å²) in [6.45, 7) is 2.67. The van der Waals surface area contributed by atoms with Gasteiger partial charge in [-0.05, 0) is 25.0 Å². The molecule has 0 aromatic carbocycles. The van der Waals surface area contributed by atoms with E-state index in [2.05, 4.69) is 9.88 Å². The molecule has 0 unspecified atom stereocenters. The molecule has 0 saturated carbocycles. The van der Waals surface area contributed by atoms with Gasteiger partial charge in [-0.3, -0.25) is 4.79 Å². The Labute approximate surface area is 107 Å². The number of pyridine rings is 1. The maximum absolute atomic E-state index is 10.5. The maximum Gasteiger partial charge on any atom is 0.305 e. The van der Waals surface area contributed by atoms with E-state index in [9.17, 15) is 4.79 Å². The van der Waals surface area contributed by atoms with E-state index in [0.29, 0.717) is 6.54 Å². The van der Waals surface area contributed by atoms with Crippen molar-refractivity contribution in [1.82, 2.24) is 4.98 Å². The molecule has 0 amide bonds. The zero-order valence-electron chi connectivity index (χ0n) is 10.7. The fourth-order valence-corrected chi connectivity index (χ4v) is 2.13. The molecule has 0 radical (unpaired) electrons. The Morgan fingerprint density at radius 3 is 2.72 bits per heavy atom. The van der Waals surface area contributed by atoms with Gasteiger partial charge in [-0.15, -0.1) is 0 Å². The van der Waals surface area contributed by atoms with Crippen LogP contribution in [0.25, 0.3) is 0 Å². The van der Waals surface area contributed by atoms with E-state index in [1.165, 1.54) is 12.8 Å². The lowest BCUT2D eigenvalue weighted by Gasteiger charge is -2.20. The van der Waals surface area contributed by atoms with Crippen molar-refractivity contribution in [3.8, 4) is 0 Å². The van der Waals surface area contributed by atoms with Gasteiger partial charge in [0.25, 0.3) is 0 Å². The molecule has 1 aromatic rings. The Balaban J connectivity index is 1.95. The Hall–Kier alpha value is -1.78. The monoisotopic (exact) mass is 249 g/mol. The molecule has 2 rings (SSSR count). The predicted molar refractivity (Wildman–Crippen MR) is 71.2 cm³/mol. The first-order valence-electron chi connectivity index (χ1n) is 6.31. The van der Waals surface area contributed by atoms with Gasteiger partial charge in [-0.2, -0.15) is 0 Å². The first-order valence-corrected chi connectivity index (χ1v) is 6.31. The number of anilines is 2. The van der Waals surface area contributed by atoms with Crippen LogP contribution >= 0.6 is 0 Å². The van der Waals surface area contributed by atoms with Crippen molar-refractivity contribution in [2.24, 2.45) is 0 Å². The number of carbonyl (C=O) groups is 1. The molecule has 1 aliphatic rings. The third-order valence-electron chi connectivity index (χ3n) is 3.26. The van der Waals surface area contributed by atoms with E-state index < -0.39 is 5.97 Å². The number of aliphatic carboxylic acids is 1. The summed E-state index contributed by atoms with van der Waals surface area (Å²) in [5.41, 5.74) is 0.958. The number of hydrogen-bond donors (Lipinski definition) is 1. The summed E-state index contributed by atoms with van der Waals surface area (Å²) in [4.78, 5) is 19.2. The molecule has 0 atom stereocenters. The highest BCUT2D eigenvalue weighted by atomic mass is 16.4. The molecular formula is C13H19N3O2. The quantitative estimate of drug-likeness (QED) is 0.859. The average molecular weight is 249 g/mol. The Bertz CT molecular complexity index is 399. The molecule has 1 fully saturated rings. The fourth-order valence-electron chi connectivity index (χ4n) is 2.13. The van der Waals surface area contributed by atoms with Crippen LogP contribution < -0.4 is 9.80 Å². The van der Waals surface area contributed by atoms with Gasteiger partial charge in [0.05, 0.1) is 18.3 Å². The topological polar surface area (TPSA) is 56.7 Å². The molecule has 1 N–H and O–H groups in total. The van der Waals surface area contributed by atoms with E-state index >= 15 is 0 Å². The highest BCUT2D eigenvalue weighted by Gasteiger charge is 2.13. The number of carboxylic acid groups (broad SMARTS) is 1. The molecule has 0 spiro atoms. The van der Waals surface area contributed by atoms with Gasteiger partial charge in [-0.1, -0.05) is 0 Å². The summed E-state index contributed by atoms with van der Waals surface area (Å²) in [6, 6.07) is 4.01. The third kappa shape index (κ3) is 3.12. The molecule has 0 aliphatic carbocycles. The first kappa shape index (κ1) is 12.7. The van der Waals surface area contributed by atoms with Gasteiger partial charge in [0.1, 0.15) is 5.82 Å². The normalized spacial score (nSPS) is 14.8. The molecule has 1 saturated heterocycles. The second-order valence-corrected chi connectivity index (χ2v) is 4.63. The molecular weight excluding hydrogens is 230 g/mol. The molecule has 98 valence electrons. The van der Waals surface area contributed by atoms with E-state index in [4.69, 9.17) is 5.11 Å². The molecule has 1 aliphatic heterocycles. The predicted octanol–water partition coefficient (Wildman–Crippen LogP) is 1.59. The van der Waals surface area contributed by atoms with Gasteiger partial charge >= 0.3 is 5.97 Å². The van der Waals surface area contributed by atoms with Gasteiger partial charge in [0.2, 0.25) is 0 Å². The van der Waals surface area contributed by atoms with E-state index in [-0.39, 0.29) is 6.42 Å². The van der Waals surface area contributed by atoms with Gasteiger partial charge in [-0.25, -0.2) is 4.98 Å². The van der Waals surface area contributed by atoms with Crippen LogP contribution in [0.3, 0.4) is 0 Å². The number of nitrogens with zero attached hydrogens (tertiary/aromatic N) is 3. The first-order chi connectivity index (χ1) is 8.66. The van der Waals surface area contributed by atoms with Crippen molar-refractivity contribution in [2.45, 2.75) is 19.3 Å². The second kappa shape index (κ2) is 5.71. The van der Waals surface area contributed by atoms with Crippen LogP contribution in [0.1, 0.15) is 19.3 Å². The van der Waals surface area contributed by atoms with Gasteiger partial charge in [0.15, 0.2) is 0 Å². The Morgan fingerprint density at radius 2 is 2.17 bits per heavy atom. The fraction of sp³-hybridized carbons (Fsp3) is 0.538. The average Bonchev–Trinajstić information content (AvgIpc) is 2.90. The lowest BCUT2D eigenvalue weighted by atomic mass is 10.3. The summed E-state index contributed by atoms with van der Waals surface area (Å²) in [5.74, 6) is 0.242. The largest absolute Gasteiger partial charge is 0.481 e. The minimum Gasteiger partial charge on any atom is -0.481 e. The van der Waals surface area contributed by atoms with Crippen molar-refractivity contribution >= 4 is 17.5 Å². The summed E-state index contributed by atoms with van der Waals surface area (Å²) < 4.78 is 0. The standard InChI is InChI=1S/C13H19N3O2/c1-15(9-6-13(17)18)11-4-5-12(14-10-11)16-7-2-3-8-16/h4-5,10H,2-3,6-9H2,1H3,(H,17,18). The second-order valence-electron chi connectivity index (χ2n) is 4.63. The molecule has 5 nitrogen and oxygen atoms in total. The number of carboxylic acids is 1. The third-order valence-corrected chi connectivity index (χ3v) is 3.26. The maximum atomic E-state index is 10.5. The van der Waals surface area contributed by atoms with Crippen LogP contribution in [-0.4, -0.2) is 42.7 Å². The van der Waals surface area contributed by atoms with Crippen LogP contribution in [0.5, 0.6) is 0 Å². The minimum atomic E-state index is -0.775. The van der Waals surface area contributed by atoms with E-state index in [1.54, 1.807) is 0 Å². The van der Waals surface area contributed by atoms with E-state index in [0.717, 1.165) is 24.6 Å². The summed E-state index contributed by atoms with van der Waals surface area (Å²) >= 11 is 0. The lowest BCUT2D eigenvalue weighted by Crippen LogP contribution is -2.22. The van der Waals surface area contributed by atoms with Crippen molar-refractivity contribution < 1.29 is 9.90 Å². The zero-order valence-corrected chi connectivity index (χ0v) is 10.7. The molecule has 18 heavy (non-hydrogen) atoms. The van der Waals surface area contributed by atoms with Crippen molar-refractivity contribution in [2.75, 3.05) is 36.5 Å². The van der Waals surface area contributed by atoms with Crippen LogP contribution in [-0.2, 0) is 4.79 Å². The SMILES string of the molecule is CN(CCC(=O)O)c1ccc(N2CCCC2)nc1. The number of aromatic nitrogens is 1. The molecule has 0 bridgehead atoms. The number of hydrogen-bond acceptors (Lipinski definition) is 4. The summed E-state index contributed by atoms with van der Waals surface area (Å²) in [6.07, 6.45) is 4.43. The molecule has 2 heterocycles. The highest BCUT2D eigenvalue weighted by Crippen LogP contribution is 2.20. The smallest absolute Gasteiger partial charge is 0.305 e.